The summed E-state index contributed by atoms with van der Waals surface area (Å²) in [6.07, 6.45) is 4.01. The predicted octanol–water partition coefficient (Wildman–Crippen LogP) is 5.12. The number of benzene rings is 2. The zero-order chi connectivity index (χ0) is 20.3. The Labute approximate surface area is 174 Å². The highest BCUT2D eigenvalue weighted by Crippen LogP contribution is 2.44. The van der Waals surface area contributed by atoms with Crippen LogP contribution in [0.3, 0.4) is 0 Å². The van der Waals surface area contributed by atoms with Crippen LogP contribution in [-0.4, -0.2) is 14.8 Å². The molecule has 0 saturated heterocycles. The normalized spacial score (nSPS) is 14.4. The van der Waals surface area contributed by atoms with Crippen molar-refractivity contribution in [2.24, 2.45) is 0 Å². The molecule has 0 spiro atoms. The van der Waals surface area contributed by atoms with E-state index in [0.29, 0.717) is 13.0 Å². The molecule has 6 nitrogen and oxygen atoms in total. The molecule has 0 aliphatic carbocycles. The van der Waals surface area contributed by atoms with Crippen molar-refractivity contribution < 1.29 is 0 Å². The van der Waals surface area contributed by atoms with Gasteiger partial charge in [-0.3, -0.25) is 4.98 Å². The number of nitrogens with one attached hydrogen (secondary N) is 2. The predicted molar refractivity (Wildman–Crippen MR) is 117 cm³/mol. The summed E-state index contributed by atoms with van der Waals surface area (Å²) < 4.78 is 1.92. The van der Waals surface area contributed by atoms with Crippen LogP contribution in [0.1, 0.15) is 23.6 Å². The molecular formula is C24H20N6. The highest BCUT2D eigenvalue weighted by atomic mass is 15.3. The van der Waals surface area contributed by atoms with E-state index < -0.39 is 0 Å². The fraction of sp³-hybridized carbons (Fsp3) is 0.125. The standard InChI is InChI=1S/C24H20N6/c25-13-6-16-30-24-21(23(29-30)17-7-2-1-3-8-17)22(18-11-14-26-15-12-18)27-19-9-4-5-10-20(19)28-24/h1-5,7-12,14-15,22,27-28H,6,16H2. The quantitative estimate of drug-likeness (QED) is 0.504. The first kappa shape index (κ1) is 18.0. The summed E-state index contributed by atoms with van der Waals surface area (Å²) >= 11 is 0. The third kappa shape index (κ3) is 3.16. The number of hydrogen-bond donors (Lipinski definition) is 2. The first-order valence-electron chi connectivity index (χ1n) is 9.91. The molecule has 0 saturated carbocycles. The Bertz CT molecular complexity index is 1210. The lowest BCUT2D eigenvalue weighted by molar-refractivity contribution is 0.637. The van der Waals surface area contributed by atoms with Crippen molar-refractivity contribution >= 4 is 17.2 Å². The summed E-state index contributed by atoms with van der Waals surface area (Å²) in [6, 6.07) is 24.5. The van der Waals surface area contributed by atoms with E-state index in [1.165, 1.54) is 0 Å². The molecule has 2 N–H and O–H groups in total. The minimum Gasteiger partial charge on any atom is -0.372 e. The molecule has 1 atom stereocenters. The van der Waals surface area contributed by atoms with Crippen molar-refractivity contribution in [1.29, 1.82) is 5.26 Å². The van der Waals surface area contributed by atoms with Crippen molar-refractivity contribution in [1.82, 2.24) is 14.8 Å². The van der Waals surface area contributed by atoms with Crippen molar-refractivity contribution in [2.75, 3.05) is 10.6 Å². The molecule has 30 heavy (non-hydrogen) atoms. The summed E-state index contributed by atoms with van der Waals surface area (Å²) in [5, 5.41) is 21.4. The average Bonchev–Trinajstić information content (AvgIpc) is 3.06. The fourth-order valence-electron chi connectivity index (χ4n) is 3.89. The maximum atomic E-state index is 9.17. The van der Waals surface area contributed by atoms with Crippen molar-refractivity contribution in [3.05, 3.63) is 90.3 Å². The van der Waals surface area contributed by atoms with Gasteiger partial charge < -0.3 is 10.6 Å². The highest BCUT2D eigenvalue weighted by Gasteiger charge is 2.30. The largest absolute Gasteiger partial charge is 0.372 e. The first-order chi connectivity index (χ1) is 14.8. The van der Waals surface area contributed by atoms with Crippen LogP contribution >= 0.6 is 0 Å². The number of nitrogens with zero attached hydrogens (tertiary/aromatic N) is 4. The SMILES string of the molecule is N#CCCn1nc(-c2ccccc2)c2c1Nc1ccccc1NC2c1ccncc1. The van der Waals surface area contributed by atoms with Crippen LogP contribution in [0.5, 0.6) is 0 Å². The number of pyridine rings is 1. The van der Waals surface area contributed by atoms with Gasteiger partial charge in [0.1, 0.15) is 11.5 Å². The van der Waals surface area contributed by atoms with Crippen molar-refractivity contribution in [3.8, 4) is 17.3 Å². The van der Waals surface area contributed by atoms with Gasteiger partial charge in [0.25, 0.3) is 0 Å². The second kappa shape index (κ2) is 7.72. The average molecular weight is 392 g/mol. The van der Waals surface area contributed by atoms with Gasteiger partial charge in [-0.05, 0) is 29.8 Å². The molecule has 6 heteroatoms. The number of fused-ring (bicyclic) bond motifs is 2. The van der Waals surface area contributed by atoms with Gasteiger partial charge in [-0.2, -0.15) is 10.4 Å². The molecule has 1 aliphatic rings. The third-order valence-corrected chi connectivity index (χ3v) is 5.28. The Hall–Kier alpha value is -4.11. The Balaban J connectivity index is 1.77. The van der Waals surface area contributed by atoms with Gasteiger partial charge >= 0.3 is 0 Å². The molecule has 2 aromatic carbocycles. The minimum absolute atomic E-state index is 0.120. The zero-order valence-electron chi connectivity index (χ0n) is 16.3. The zero-order valence-corrected chi connectivity index (χ0v) is 16.3. The monoisotopic (exact) mass is 392 g/mol. The molecule has 0 radical (unpaired) electrons. The van der Waals surface area contributed by atoms with E-state index >= 15 is 0 Å². The van der Waals surface area contributed by atoms with Gasteiger partial charge in [0.15, 0.2) is 0 Å². The number of para-hydroxylation sites is 2. The van der Waals surface area contributed by atoms with Crippen LogP contribution in [0, 0.1) is 11.3 Å². The van der Waals surface area contributed by atoms with Gasteiger partial charge in [0.2, 0.25) is 0 Å². The molecular weight excluding hydrogens is 372 g/mol. The topological polar surface area (TPSA) is 78.6 Å². The highest BCUT2D eigenvalue weighted by molar-refractivity contribution is 5.83. The summed E-state index contributed by atoms with van der Waals surface area (Å²) in [5.74, 6) is 0.906. The summed E-state index contributed by atoms with van der Waals surface area (Å²) in [7, 11) is 0. The Morgan fingerprint density at radius 1 is 0.933 bits per heavy atom. The summed E-state index contributed by atoms with van der Waals surface area (Å²) in [5.41, 5.74) is 6.09. The van der Waals surface area contributed by atoms with Gasteiger partial charge in [0.05, 0.1) is 36.5 Å². The number of aromatic nitrogens is 3. The van der Waals surface area contributed by atoms with Gasteiger partial charge in [-0.15, -0.1) is 0 Å². The van der Waals surface area contributed by atoms with E-state index in [0.717, 1.165) is 39.6 Å². The number of aryl methyl sites for hydroxylation is 1. The lowest BCUT2D eigenvalue weighted by Gasteiger charge is -2.19. The van der Waals surface area contributed by atoms with E-state index in [1.54, 1.807) is 0 Å². The van der Waals surface area contributed by atoms with E-state index in [4.69, 9.17) is 10.4 Å². The molecule has 5 rings (SSSR count). The molecule has 0 fully saturated rings. The third-order valence-electron chi connectivity index (χ3n) is 5.28. The second-order valence-corrected chi connectivity index (χ2v) is 7.14. The number of anilines is 3. The Morgan fingerprint density at radius 3 is 2.43 bits per heavy atom. The summed E-state index contributed by atoms with van der Waals surface area (Å²) in [4.78, 5) is 4.19. The molecule has 1 unspecified atom stereocenters. The van der Waals surface area contributed by atoms with Crippen LogP contribution in [0.25, 0.3) is 11.3 Å². The van der Waals surface area contributed by atoms with E-state index in [9.17, 15) is 0 Å². The number of nitriles is 1. The number of rotatable bonds is 4. The minimum atomic E-state index is -0.120. The van der Waals surface area contributed by atoms with Crippen molar-refractivity contribution in [2.45, 2.75) is 19.0 Å². The molecule has 3 heterocycles. The molecule has 146 valence electrons. The summed E-state index contributed by atoms with van der Waals surface area (Å²) in [6.45, 7) is 0.518. The van der Waals surface area contributed by atoms with Crippen molar-refractivity contribution in [3.63, 3.8) is 0 Å². The van der Waals surface area contributed by atoms with Crippen LogP contribution in [-0.2, 0) is 6.54 Å². The molecule has 0 bridgehead atoms. The number of hydrogen-bond acceptors (Lipinski definition) is 5. The Morgan fingerprint density at radius 2 is 1.67 bits per heavy atom. The second-order valence-electron chi connectivity index (χ2n) is 7.14. The van der Waals surface area contributed by atoms with E-state index in [2.05, 4.69) is 39.9 Å². The van der Waals surface area contributed by atoms with Crippen LogP contribution in [0.4, 0.5) is 17.2 Å². The maximum Gasteiger partial charge on any atom is 0.135 e. The Kier molecular flexibility index (Phi) is 4.62. The van der Waals surface area contributed by atoms with Gasteiger partial charge in [-0.1, -0.05) is 42.5 Å². The lowest BCUT2D eigenvalue weighted by atomic mass is 9.96. The molecule has 2 aromatic heterocycles. The maximum absolute atomic E-state index is 9.17. The van der Waals surface area contributed by atoms with Gasteiger partial charge in [0, 0.05) is 23.5 Å². The van der Waals surface area contributed by atoms with Gasteiger partial charge in [-0.25, -0.2) is 4.68 Å². The molecule has 4 aromatic rings. The molecule has 1 aliphatic heterocycles. The fourth-order valence-corrected chi connectivity index (χ4v) is 3.89. The van der Waals surface area contributed by atoms with E-state index in [1.807, 2.05) is 65.6 Å². The lowest BCUT2D eigenvalue weighted by Crippen LogP contribution is -2.12. The van der Waals surface area contributed by atoms with Crippen LogP contribution < -0.4 is 10.6 Å². The van der Waals surface area contributed by atoms with E-state index in [-0.39, 0.29) is 6.04 Å². The molecule has 0 amide bonds. The first-order valence-corrected chi connectivity index (χ1v) is 9.91. The van der Waals surface area contributed by atoms with Crippen LogP contribution in [0.2, 0.25) is 0 Å². The van der Waals surface area contributed by atoms with Crippen LogP contribution in [0.15, 0.2) is 79.1 Å². The smallest absolute Gasteiger partial charge is 0.135 e.